The van der Waals surface area contributed by atoms with Gasteiger partial charge >= 0.3 is 0 Å². The lowest BCUT2D eigenvalue weighted by Crippen LogP contribution is -2.44. The van der Waals surface area contributed by atoms with Crippen LogP contribution in [0, 0.1) is 12.8 Å². The van der Waals surface area contributed by atoms with E-state index in [-0.39, 0.29) is 23.7 Å². The summed E-state index contributed by atoms with van der Waals surface area (Å²) >= 11 is 0. The molecule has 1 atom stereocenters. The Morgan fingerprint density at radius 2 is 1.96 bits per heavy atom. The summed E-state index contributed by atoms with van der Waals surface area (Å²) in [5, 5.41) is 2.96. The highest BCUT2D eigenvalue weighted by Gasteiger charge is 2.31. The smallest absolute Gasteiger partial charge is 0.223 e. The molecule has 1 N–H and O–H groups in total. The topological polar surface area (TPSA) is 75.7 Å². The number of benzene rings is 1. The first-order valence-electron chi connectivity index (χ1n) is 9.37. The number of sulfonamides is 1. The number of nitrogens with one attached hydrogen (secondary N) is 1. The zero-order valence-electron chi connectivity index (χ0n) is 15.3. The van der Waals surface area contributed by atoms with Crippen LogP contribution in [0.3, 0.4) is 0 Å². The molecule has 2 heterocycles. The van der Waals surface area contributed by atoms with Crippen molar-refractivity contribution in [2.24, 2.45) is 5.92 Å². The molecule has 0 aliphatic carbocycles. The molecule has 0 spiro atoms. The largest absolute Gasteiger partial charge is 0.376 e. The lowest BCUT2D eigenvalue weighted by atomic mass is 9.97. The van der Waals surface area contributed by atoms with Crippen molar-refractivity contribution in [3.63, 3.8) is 0 Å². The quantitative estimate of drug-likeness (QED) is 0.817. The summed E-state index contributed by atoms with van der Waals surface area (Å²) in [6, 6.07) is 7.56. The molecular formula is C19H28N2O4S. The van der Waals surface area contributed by atoms with E-state index in [0.717, 1.165) is 30.6 Å². The Labute approximate surface area is 156 Å². The summed E-state index contributed by atoms with van der Waals surface area (Å²) in [6.45, 7) is 4.08. The number of rotatable bonds is 6. The second-order valence-corrected chi connectivity index (χ2v) is 9.21. The summed E-state index contributed by atoms with van der Waals surface area (Å²) in [5.74, 6) is -0.0620. The summed E-state index contributed by atoms with van der Waals surface area (Å²) in [7, 11) is -3.35. The molecule has 1 unspecified atom stereocenters. The summed E-state index contributed by atoms with van der Waals surface area (Å²) in [4.78, 5) is 12.3. The van der Waals surface area contributed by atoms with Crippen molar-refractivity contribution in [1.29, 1.82) is 0 Å². The van der Waals surface area contributed by atoms with Crippen LogP contribution in [-0.2, 0) is 25.3 Å². The number of nitrogens with zero attached hydrogens (tertiary/aromatic N) is 1. The lowest BCUT2D eigenvalue weighted by molar-refractivity contribution is -0.126. The van der Waals surface area contributed by atoms with E-state index in [9.17, 15) is 13.2 Å². The van der Waals surface area contributed by atoms with Gasteiger partial charge in [0.05, 0.1) is 11.9 Å². The first-order chi connectivity index (χ1) is 12.5. The van der Waals surface area contributed by atoms with Crippen LogP contribution in [0.5, 0.6) is 0 Å². The highest BCUT2D eigenvalue weighted by molar-refractivity contribution is 7.88. The minimum atomic E-state index is -3.35. The lowest BCUT2D eigenvalue weighted by Gasteiger charge is -2.31. The van der Waals surface area contributed by atoms with E-state index in [4.69, 9.17) is 4.74 Å². The Bertz CT molecular complexity index is 721. The van der Waals surface area contributed by atoms with Crippen molar-refractivity contribution >= 4 is 15.9 Å². The molecule has 0 saturated carbocycles. The summed E-state index contributed by atoms with van der Waals surface area (Å²) in [6.07, 6.45) is 3.33. The first-order valence-corrected chi connectivity index (χ1v) is 11.0. The maximum Gasteiger partial charge on any atom is 0.223 e. The van der Waals surface area contributed by atoms with E-state index in [0.29, 0.717) is 32.5 Å². The maximum absolute atomic E-state index is 12.7. The van der Waals surface area contributed by atoms with Crippen LogP contribution in [0.1, 0.15) is 36.8 Å². The number of amides is 1. The van der Waals surface area contributed by atoms with Gasteiger partial charge in [-0.3, -0.25) is 4.79 Å². The Morgan fingerprint density at radius 3 is 2.62 bits per heavy atom. The Kier molecular flexibility index (Phi) is 6.32. The van der Waals surface area contributed by atoms with Gasteiger partial charge in [0, 0.05) is 32.2 Å². The standard InChI is InChI=1S/C19H28N2O4S/c1-15-5-2-3-6-17(15)14-26(23,24)21-10-8-16(9-11-21)19(22)20-13-18-7-4-12-25-18/h2-3,5-6,16,18H,4,7-14H2,1H3,(H,20,22). The highest BCUT2D eigenvalue weighted by Crippen LogP contribution is 2.23. The van der Waals surface area contributed by atoms with Crippen molar-refractivity contribution in [2.45, 2.75) is 44.5 Å². The van der Waals surface area contributed by atoms with Gasteiger partial charge in [-0.05, 0) is 43.7 Å². The molecule has 0 bridgehead atoms. The van der Waals surface area contributed by atoms with Crippen LogP contribution in [0.4, 0.5) is 0 Å². The highest BCUT2D eigenvalue weighted by atomic mass is 32.2. The number of carbonyl (C=O) groups is 1. The van der Waals surface area contributed by atoms with Gasteiger partial charge in [-0.15, -0.1) is 0 Å². The molecule has 2 aliphatic rings. The van der Waals surface area contributed by atoms with Crippen molar-refractivity contribution in [1.82, 2.24) is 9.62 Å². The molecule has 7 heteroatoms. The van der Waals surface area contributed by atoms with Gasteiger partial charge in [0.1, 0.15) is 0 Å². The first kappa shape index (κ1) is 19.3. The fourth-order valence-electron chi connectivity index (χ4n) is 3.62. The van der Waals surface area contributed by atoms with Crippen LogP contribution >= 0.6 is 0 Å². The van der Waals surface area contributed by atoms with E-state index in [1.807, 2.05) is 31.2 Å². The van der Waals surface area contributed by atoms with Crippen molar-refractivity contribution in [3.05, 3.63) is 35.4 Å². The molecule has 2 aliphatic heterocycles. The summed E-state index contributed by atoms with van der Waals surface area (Å²) in [5.41, 5.74) is 1.82. The number of piperidine rings is 1. The maximum atomic E-state index is 12.7. The van der Waals surface area contributed by atoms with Gasteiger partial charge in [0.25, 0.3) is 0 Å². The number of ether oxygens (including phenoxy) is 1. The molecule has 1 aromatic rings. The van der Waals surface area contributed by atoms with E-state index in [2.05, 4.69) is 5.32 Å². The molecule has 3 rings (SSSR count). The van der Waals surface area contributed by atoms with Crippen LogP contribution in [0.2, 0.25) is 0 Å². The Balaban J connectivity index is 1.49. The third kappa shape index (κ3) is 4.84. The number of hydrogen-bond acceptors (Lipinski definition) is 4. The van der Waals surface area contributed by atoms with Gasteiger partial charge in [0.15, 0.2) is 0 Å². The predicted molar refractivity (Wildman–Crippen MR) is 100 cm³/mol. The zero-order chi connectivity index (χ0) is 18.6. The van der Waals surface area contributed by atoms with Crippen LogP contribution in [-0.4, -0.2) is 51.0 Å². The minimum Gasteiger partial charge on any atom is -0.376 e. The molecule has 26 heavy (non-hydrogen) atoms. The average Bonchev–Trinajstić information content (AvgIpc) is 3.15. The fourth-order valence-corrected chi connectivity index (χ4v) is 5.29. The second kappa shape index (κ2) is 8.50. The van der Waals surface area contributed by atoms with Crippen molar-refractivity contribution in [3.8, 4) is 0 Å². The van der Waals surface area contributed by atoms with Gasteiger partial charge in [-0.2, -0.15) is 0 Å². The molecule has 0 radical (unpaired) electrons. The Morgan fingerprint density at radius 1 is 1.23 bits per heavy atom. The fraction of sp³-hybridized carbons (Fsp3) is 0.632. The molecule has 2 fully saturated rings. The second-order valence-electron chi connectivity index (χ2n) is 7.24. The van der Waals surface area contributed by atoms with Crippen LogP contribution in [0.25, 0.3) is 0 Å². The van der Waals surface area contributed by atoms with Gasteiger partial charge in [0.2, 0.25) is 15.9 Å². The van der Waals surface area contributed by atoms with Crippen molar-refractivity contribution < 1.29 is 17.9 Å². The third-order valence-corrected chi connectivity index (χ3v) is 7.17. The molecule has 2 saturated heterocycles. The monoisotopic (exact) mass is 380 g/mol. The van der Waals surface area contributed by atoms with E-state index >= 15 is 0 Å². The van der Waals surface area contributed by atoms with E-state index in [1.54, 1.807) is 0 Å². The number of aryl methyl sites for hydroxylation is 1. The normalized spacial score (nSPS) is 22.4. The SMILES string of the molecule is Cc1ccccc1CS(=O)(=O)N1CCC(C(=O)NCC2CCCO2)CC1. The number of hydrogen-bond donors (Lipinski definition) is 1. The minimum absolute atomic E-state index is 0.0234. The number of carbonyl (C=O) groups excluding carboxylic acids is 1. The molecular weight excluding hydrogens is 352 g/mol. The predicted octanol–water partition coefficient (Wildman–Crippen LogP) is 1.83. The average molecular weight is 381 g/mol. The van der Waals surface area contributed by atoms with Crippen molar-refractivity contribution in [2.75, 3.05) is 26.2 Å². The Hall–Kier alpha value is -1.44. The molecule has 0 aromatic heterocycles. The zero-order valence-corrected chi connectivity index (χ0v) is 16.1. The van der Waals surface area contributed by atoms with E-state index in [1.165, 1.54) is 4.31 Å². The van der Waals surface area contributed by atoms with E-state index < -0.39 is 10.0 Å². The van der Waals surface area contributed by atoms with Gasteiger partial charge < -0.3 is 10.1 Å². The van der Waals surface area contributed by atoms with Gasteiger partial charge in [-0.25, -0.2) is 12.7 Å². The van der Waals surface area contributed by atoms with Crippen LogP contribution < -0.4 is 5.32 Å². The van der Waals surface area contributed by atoms with Gasteiger partial charge in [-0.1, -0.05) is 24.3 Å². The molecule has 1 amide bonds. The molecule has 144 valence electrons. The molecule has 6 nitrogen and oxygen atoms in total. The van der Waals surface area contributed by atoms with Crippen LogP contribution in [0.15, 0.2) is 24.3 Å². The summed E-state index contributed by atoms with van der Waals surface area (Å²) < 4.78 is 32.4. The molecule has 1 aromatic carbocycles. The third-order valence-electron chi connectivity index (χ3n) is 5.35.